The Morgan fingerprint density at radius 1 is 1.35 bits per heavy atom. The molecule has 0 unspecified atom stereocenters. The molecule has 1 aromatic carbocycles. The number of halogens is 2. The number of hydrogen-bond donors (Lipinski definition) is 1. The number of rotatable bonds is 5. The van der Waals surface area contributed by atoms with E-state index in [-0.39, 0.29) is 5.75 Å². The molecule has 7 heteroatoms. The van der Waals surface area contributed by atoms with E-state index in [0.29, 0.717) is 17.9 Å². The van der Waals surface area contributed by atoms with Crippen LogP contribution >= 0.6 is 0 Å². The molecule has 1 heterocycles. The van der Waals surface area contributed by atoms with Crippen LogP contribution in [0.1, 0.15) is 35.1 Å². The minimum atomic E-state index is -1.24. The number of carbonyl (C=O) groups excluding carboxylic acids is 1. The minimum Gasteiger partial charge on any atom is -0.496 e. The van der Waals surface area contributed by atoms with E-state index in [1.165, 1.54) is 13.2 Å². The van der Waals surface area contributed by atoms with Crippen molar-refractivity contribution in [2.75, 3.05) is 12.4 Å². The number of aryl methyl sites for hydroxylation is 2. The summed E-state index contributed by atoms with van der Waals surface area (Å²) in [4.78, 5) is 12.4. The molecule has 0 aliphatic rings. The molecule has 0 saturated carbocycles. The number of ether oxygens (including phenoxy) is 1. The van der Waals surface area contributed by atoms with E-state index in [9.17, 15) is 13.6 Å². The van der Waals surface area contributed by atoms with Crippen molar-refractivity contribution >= 4 is 11.6 Å². The zero-order valence-corrected chi connectivity index (χ0v) is 13.5. The normalized spacial score (nSPS) is 10.7. The fourth-order valence-corrected chi connectivity index (χ4v) is 2.40. The summed E-state index contributed by atoms with van der Waals surface area (Å²) in [7, 11) is 1.29. The van der Waals surface area contributed by atoms with Gasteiger partial charge in [0.05, 0.1) is 24.2 Å². The lowest BCUT2D eigenvalue weighted by molar-refractivity contribution is 0.101. The van der Waals surface area contributed by atoms with Crippen molar-refractivity contribution in [1.29, 1.82) is 0 Å². The Morgan fingerprint density at radius 3 is 2.65 bits per heavy atom. The summed E-state index contributed by atoms with van der Waals surface area (Å²) in [6.07, 6.45) is 0.891. The average molecular weight is 323 g/mol. The number of benzene rings is 1. The molecule has 0 radical (unpaired) electrons. The van der Waals surface area contributed by atoms with Gasteiger partial charge in [-0.25, -0.2) is 8.78 Å². The van der Waals surface area contributed by atoms with Gasteiger partial charge in [-0.05, 0) is 32.4 Å². The Morgan fingerprint density at radius 2 is 2.04 bits per heavy atom. The third kappa shape index (κ3) is 3.18. The maximum Gasteiger partial charge on any atom is 0.262 e. The molecule has 2 rings (SSSR count). The summed E-state index contributed by atoms with van der Waals surface area (Å²) >= 11 is 0. The zero-order chi connectivity index (χ0) is 17.1. The molecule has 23 heavy (non-hydrogen) atoms. The van der Waals surface area contributed by atoms with Crippen molar-refractivity contribution in [2.45, 2.75) is 33.7 Å². The number of carbonyl (C=O) groups is 1. The number of nitrogens with zero attached hydrogens (tertiary/aromatic N) is 2. The van der Waals surface area contributed by atoms with E-state index in [0.717, 1.165) is 18.2 Å². The highest BCUT2D eigenvalue weighted by Gasteiger charge is 2.23. The summed E-state index contributed by atoms with van der Waals surface area (Å²) in [6.45, 7) is 6.28. The minimum absolute atomic E-state index is 0.0299. The van der Waals surface area contributed by atoms with Crippen LogP contribution in [-0.4, -0.2) is 22.8 Å². The second-order valence-electron chi connectivity index (χ2n) is 5.16. The molecule has 0 fully saturated rings. The van der Waals surface area contributed by atoms with Crippen LogP contribution in [0.15, 0.2) is 12.1 Å². The van der Waals surface area contributed by atoms with Gasteiger partial charge in [0.1, 0.15) is 11.3 Å². The van der Waals surface area contributed by atoms with Gasteiger partial charge in [-0.1, -0.05) is 6.92 Å². The van der Waals surface area contributed by atoms with Gasteiger partial charge in [-0.2, -0.15) is 5.10 Å². The molecule has 0 spiro atoms. The number of nitrogens with one attached hydrogen (secondary N) is 1. The van der Waals surface area contributed by atoms with E-state index in [1.807, 2.05) is 13.8 Å². The fraction of sp³-hybridized carbons (Fsp3) is 0.375. The molecule has 0 aliphatic heterocycles. The first-order valence-electron chi connectivity index (χ1n) is 7.28. The summed E-state index contributed by atoms with van der Waals surface area (Å²) in [5, 5.41) is 6.94. The van der Waals surface area contributed by atoms with Crippen molar-refractivity contribution in [3.05, 3.63) is 40.7 Å². The predicted molar refractivity (Wildman–Crippen MR) is 82.9 cm³/mol. The van der Waals surface area contributed by atoms with E-state index < -0.39 is 23.1 Å². The van der Waals surface area contributed by atoms with Gasteiger partial charge in [-0.15, -0.1) is 0 Å². The lowest BCUT2D eigenvalue weighted by Gasteiger charge is -2.11. The second-order valence-corrected chi connectivity index (χ2v) is 5.16. The van der Waals surface area contributed by atoms with Crippen LogP contribution in [0.25, 0.3) is 0 Å². The molecule has 0 aliphatic carbocycles. The Balaban J connectivity index is 2.39. The largest absolute Gasteiger partial charge is 0.496 e. The van der Waals surface area contributed by atoms with Gasteiger partial charge in [-0.3, -0.25) is 9.48 Å². The Labute approximate surface area is 133 Å². The van der Waals surface area contributed by atoms with Gasteiger partial charge >= 0.3 is 0 Å². The third-order valence-corrected chi connectivity index (χ3v) is 3.56. The number of anilines is 1. The van der Waals surface area contributed by atoms with Crippen LogP contribution < -0.4 is 10.1 Å². The van der Waals surface area contributed by atoms with Crippen molar-refractivity contribution in [3.63, 3.8) is 0 Å². The van der Waals surface area contributed by atoms with Crippen LogP contribution in [0, 0.1) is 25.5 Å². The van der Waals surface area contributed by atoms with Crippen LogP contribution in [0.3, 0.4) is 0 Å². The van der Waals surface area contributed by atoms with E-state index in [2.05, 4.69) is 10.4 Å². The molecular weight excluding hydrogens is 304 g/mol. The molecule has 0 atom stereocenters. The Bertz CT molecular complexity index is 741. The van der Waals surface area contributed by atoms with E-state index in [4.69, 9.17) is 4.74 Å². The quantitative estimate of drug-likeness (QED) is 0.917. The van der Waals surface area contributed by atoms with Gasteiger partial charge in [0.15, 0.2) is 11.6 Å². The topological polar surface area (TPSA) is 56.2 Å². The van der Waals surface area contributed by atoms with Crippen molar-refractivity contribution in [1.82, 2.24) is 9.78 Å². The van der Waals surface area contributed by atoms with Crippen LogP contribution in [0.5, 0.6) is 5.75 Å². The van der Waals surface area contributed by atoms with Crippen LogP contribution in [0.2, 0.25) is 0 Å². The molecule has 0 bridgehead atoms. The van der Waals surface area contributed by atoms with E-state index >= 15 is 0 Å². The summed E-state index contributed by atoms with van der Waals surface area (Å²) in [6, 6.07) is 2.13. The van der Waals surface area contributed by atoms with Crippen molar-refractivity contribution in [3.8, 4) is 5.75 Å². The number of amides is 1. The average Bonchev–Trinajstić information content (AvgIpc) is 2.77. The van der Waals surface area contributed by atoms with Crippen LogP contribution in [-0.2, 0) is 6.54 Å². The Kier molecular flexibility index (Phi) is 4.98. The first kappa shape index (κ1) is 16.9. The van der Waals surface area contributed by atoms with Gasteiger partial charge in [0.25, 0.3) is 5.91 Å². The first-order valence-corrected chi connectivity index (χ1v) is 7.28. The monoisotopic (exact) mass is 323 g/mol. The molecule has 1 aromatic heterocycles. The van der Waals surface area contributed by atoms with Crippen molar-refractivity contribution < 1.29 is 18.3 Å². The number of methoxy groups -OCH3 is 1. The SMILES string of the molecule is CCCn1nc(C)c(NC(=O)c2c(OC)ccc(F)c2F)c1C. The lowest BCUT2D eigenvalue weighted by atomic mass is 10.1. The second kappa shape index (κ2) is 6.76. The summed E-state index contributed by atoms with van der Waals surface area (Å²) in [5.41, 5.74) is 1.40. The molecular formula is C16H19F2N3O2. The smallest absolute Gasteiger partial charge is 0.262 e. The molecule has 0 saturated heterocycles. The molecule has 124 valence electrons. The lowest BCUT2D eigenvalue weighted by Crippen LogP contribution is -2.17. The zero-order valence-electron chi connectivity index (χ0n) is 13.5. The molecule has 1 amide bonds. The van der Waals surface area contributed by atoms with Gasteiger partial charge in [0.2, 0.25) is 0 Å². The Hall–Kier alpha value is -2.44. The third-order valence-electron chi connectivity index (χ3n) is 3.56. The highest BCUT2D eigenvalue weighted by molar-refractivity contribution is 6.07. The predicted octanol–water partition coefficient (Wildman–Crippen LogP) is 3.45. The summed E-state index contributed by atoms with van der Waals surface area (Å²) in [5.74, 6) is -3.15. The first-order chi connectivity index (χ1) is 10.9. The van der Waals surface area contributed by atoms with Crippen molar-refractivity contribution in [2.24, 2.45) is 0 Å². The molecule has 1 N–H and O–H groups in total. The van der Waals surface area contributed by atoms with Gasteiger partial charge in [0, 0.05) is 6.54 Å². The standard InChI is InChI=1S/C16H19F2N3O2/c1-5-8-21-10(3)15(9(2)20-21)19-16(22)13-12(23-4)7-6-11(17)14(13)18/h6-7H,5,8H2,1-4H3,(H,19,22). The van der Waals surface area contributed by atoms with E-state index in [1.54, 1.807) is 11.6 Å². The van der Waals surface area contributed by atoms with Crippen LogP contribution in [0.4, 0.5) is 14.5 Å². The van der Waals surface area contributed by atoms with Gasteiger partial charge < -0.3 is 10.1 Å². The highest BCUT2D eigenvalue weighted by Crippen LogP contribution is 2.26. The molecule has 5 nitrogen and oxygen atoms in total. The highest BCUT2D eigenvalue weighted by atomic mass is 19.2. The molecule has 2 aromatic rings. The summed E-state index contributed by atoms with van der Waals surface area (Å²) < 4.78 is 34.1. The maximum absolute atomic E-state index is 14.0. The fourth-order valence-electron chi connectivity index (χ4n) is 2.40. The maximum atomic E-state index is 14.0. The number of hydrogen-bond acceptors (Lipinski definition) is 3. The number of aromatic nitrogens is 2.